The summed E-state index contributed by atoms with van der Waals surface area (Å²) in [7, 11) is 0. The van der Waals surface area contributed by atoms with E-state index in [1.54, 1.807) is 18.2 Å². The Morgan fingerprint density at radius 2 is 1.81 bits per heavy atom. The summed E-state index contributed by atoms with van der Waals surface area (Å²) >= 11 is 12.0. The highest BCUT2D eigenvalue weighted by Crippen LogP contribution is 2.35. The van der Waals surface area contributed by atoms with Crippen molar-refractivity contribution >= 4 is 46.2 Å². The average molecular weight is 397 g/mol. The first kappa shape index (κ1) is 18.6. The summed E-state index contributed by atoms with van der Waals surface area (Å²) in [6, 6.07) is 4.83. The lowest BCUT2D eigenvalue weighted by molar-refractivity contribution is -0.383. The number of halogens is 2. The van der Waals surface area contributed by atoms with Crippen LogP contribution in [0.1, 0.15) is 6.92 Å². The highest BCUT2D eigenvalue weighted by atomic mass is 35.5. The lowest BCUT2D eigenvalue weighted by Crippen LogP contribution is -2.46. The van der Waals surface area contributed by atoms with Crippen LogP contribution in [-0.2, 0) is 0 Å². The summed E-state index contributed by atoms with van der Waals surface area (Å²) in [5, 5.41) is 15.5. The fraction of sp³-hybridized carbons (Fsp3) is 0.375. The molecule has 1 aromatic heterocycles. The Kier molecular flexibility index (Phi) is 5.75. The number of piperazine rings is 1. The fourth-order valence-corrected chi connectivity index (χ4v) is 3.43. The zero-order valence-corrected chi connectivity index (χ0v) is 15.7. The van der Waals surface area contributed by atoms with Gasteiger partial charge >= 0.3 is 5.69 Å². The van der Waals surface area contributed by atoms with E-state index in [4.69, 9.17) is 23.2 Å². The molecule has 138 valence electrons. The average Bonchev–Trinajstić information content (AvgIpc) is 2.60. The molecule has 0 amide bonds. The summed E-state index contributed by atoms with van der Waals surface area (Å²) in [5.74, 6) is 0.424. The third kappa shape index (κ3) is 4.14. The normalized spacial score (nSPS) is 15.1. The summed E-state index contributed by atoms with van der Waals surface area (Å²) in [6.07, 6.45) is 1.32. The van der Waals surface area contributed by atoms with E-state index in [2.05, 4.69) is 27.1 Å². The largest absolute Gasteiger partial charge is 0.353 e. The van der Waals surface area contributed by atoms with Crippen molar-refractivity contribution in [3.8, 4) is 0 Å². The Labute approximate surface area is 160 Å². The predicted octanol–water partition coefficient (Wildman–Crippen LogP) is 3.58. The number of nitrogens with one attached hydrogen (secondary N) is 1. The quantitative estimate of drug-likeness (QED) is 0.610. The van der Waals surface area contributed by atoms with Crippen molar-refractivity contribution in [2.24, 2.45) is 0 Å². The first-order valence-electron chi connectivity index (χ1n) is 8.17. The van der Waals surface area contributed by atoms with Crippen LogP contribution < -0.4 is 10.2 Å². The van der Waals surface area contributed by atoms with Crippen molar-refractivity contribution in [2.75, 3.05) is 42.9 Å². The number of anilines is 3. The Morgan fingerprint density at radius 1 is 1.15 bits per heavy atom. The molecule has 2 heterocycles. The van der Waals surface area contributed by atoms with Crippen molar-refractivity contribution in [3.05, 3.63) is 44.7 Å². The van der Waals surface area contributed by atoms with Crippen LogP contribution in [0.2, 0.25) is 10.0 Å². The lowest BCUT2D eigenvalue weighted by Gasteiger charge is -2.34. The van der Waals surface area contributed by atoms with Crippen molar-refractivity contribution in [1.82, 2.24) is 14.9 Å². The third-order valence-electron chi connectivity index (χ3n) is 4.23. The fourth-order valence-electron chi connectivity index (χ4n) is 2.90. The second-order valence-electron chi connectivity index (χ2n) is 5.86. The molecule has 1 aromatic carbocycles. The Morgan fingerprint density at radius 3 is 2.38 bits per heavy atom. The van der Waals surface area contributed by atoms with E-state index >= 15 is 0 Å². The molecule has 1 saturated heterocycles. The molecule has 0 radical (unpaired) electrons. The molecule has 8 nitrogen and oxygen atoms in total. The molecule has 3 rings (SSSR count). The van der Waals surface area contributed by atoms with Gasteiger partial charge < -0.3 is 15.1 Å². The molecule has 0 spiro atoms. The Balaban J connectivity index is 1.92. The SMILES string of the molecule is CCN1CCN(c2ncnc(Nc3cc(Cl)cc(Cl)c3)c2[N+](=O)[O-])CC1. The van der Waals surface area contributed by atoms with Crippen molar-refractivity contribution in [3.63, 3.8) is 0 Å². The number of benzene rings is 1. The summed E-state index contributed by atoms with van der Waals surface area (Å²) in [6.45, 7) is 6.08. The zero-order chi connectivity index (χ0) is 18.7. The van der Waals surface area contributed by atoms with E-state index in [1.165, 1.54) is 6.33 Å². The molecule has 1 N–H and O–H groups in total. The second kappa shape index (κ2) is 8.03. The van der Waals surface area contributed by atoms with Crippen LogP contribution in [-0.4, -0.2) is 52.5 Å². The number of likely N-dealkylation sites (N-methyl/N-ethyl adjacent to an activating group) is 1. The van der Waals surface area contributed by atoms with Crippen LogP contribution in [0, 0.1) is 10.1 Å². The summed E-state index contributed by atoms with van der Waals surface area (Å²) in [4.78, 5) is 23.7. The van der Waals surface area contributed by atoms with Gasteiger partial charge in [-0.3, -0.25) is 10.1 Å². The monoisotopic (exact) mass is 396 g/mol. The van der Waals surface area contributed by atoms with Crippen LogP contribution in [0.25, 0.3) is 0 Å². The summed E-state index contributed by atoms with van der Waals surface area (Å²) in [5.41, 5.74) is 0.361. The van der Waals surface area contributed by atoms with Crippen molar-refractivity contribution in [2.45, 2.75) is 6.92 Å². The highest BCUT2D eigenvalue weighted by molar-refractivity contribution is 6.35. The molecule has 1 fully saturated rings. The van der Waals surface area contributed by atoms with Gasteiger partial charge in [0.25, 0.3) is 0 Å². The van der Waals surface area contributed by atoms with E-state index in [9.17, 15) is 10.1 Å². The van der Waals surface area contributed by atoms with E-state index in [1.807, 2.05) is 4.90 Å². The first-order valence-corrected chi connectivity index (χ1v) is 8.93. The molecular formula is C16H18Cl2N6O2. The van der Waals surface area contributed by atoms with Crippen LogP contribution in [0.5, 0.6) is 0 Å². The van der Waals surface area contributed by atoms with Crippen LogP contribution in [0.15, 0.2) is 24.5 Å². The van der Waals surface area contributed by atoms with E-state index < -0.39 is 4.92 Å². The lowest BCUT2D eigenvalue weighted by atomic mass is 10.2. The molecule has 0 atom stereocenters. The number of aromatic nitrogens is 2. The number of nitrogens with zero attached hydrogens (tertiary/aromatic N) is 5. The molecule has 10 heteroatoms. The Bertz CT molecular complexity index is 791. The molecule has 1 aliphatic heterocycles. The van der Waals surface area contributed by atoms with Gasteiger partial charge in [0.15, 0.2) is 0 Å². The van der Waals surface area contributed by atoms with Gasteiger partial charge in [-0.2, -0.15) is 0 Å². The molecule has 0 aliphatic carbocycles. The molecular weight excluding hydrogens is 379 g/mol. The molecule has 0 unspecified atom stereocenters. The van der Waals surface area contributed by atoms with Gasteiger partial charge in [-0.1, -0.05) is 30.1 Å². The van der Waals surface area contributed by atoms with Crippen LogP contribution >= 0.6 is 23.2 Å². The van der Waals surface area contributed by atoms with Gasteiger partial charge in [0.05, 0.1) is 4.92 Å². The maximum atomic E-state index is 11.7. The minimum absolute atomic E-state index is 0.108. The minimum atomic E-state index is -0.462. The van der Waals surface area contributed by atoms with Gasteiger partial charge in [-0.25, -0.2) is 9.97 Å². The Hall–Kier alpha value is -2.16. The third-order valence-corrected chi connectivity index (χ3v) is 4.67. The highest BCUT2D eigenvalue weighted by Gasteiger charge is 2.29. The van der Waals surface area contributed by atoms with Crippen LogP contribution in [0.4, 0.5) is 23.0 Å². The van der Waals surface area contributed by atoms with Gasteiger partial charge in [0.2, 0.25) is 11.6 Å². The maximum absolute atomic E-state index is 11.7. The topological polar surface area (TPSA) is 87.4 Å². The van der Waals surface area contributed by atoms with Gasteiger partial charge in [0, 0.05) is 41.9 Å². The molecule has 1 aliphatic rings. The number of hydrogen-bond acceptors (Lipinski definition) is 7. The summed E-state index contributed by atoms with van der Waals surface area (Å²) < 4.78 is 0. The first-order chi connectivity index (χ1) is 12.5. The molecule has 0 saturated carbocycles. The second-order valence-corrected chi connectivity index (χ2v) is 6.73. The molecule has 2 aromatic rings. The molecule has 26 heavy (non-hydrogen) atoms. The van der Waals surface area contributed by atoms with Crippen molar-refractivity contribution < 1.29 is 4.92 Å². The van der Waals surface area contributed by atoms with Gasteiger partial charge in [-0.05, 0) is 24.7 Å². The van der Waals surface area contributed by atoms with E-state index in [-0.39, 0.29) is 11.5 Å². The smallest absolute Gasteiger partial charge is 0.348 e. The maximum Gasteiger partial charge on any atom is 0.353 e. The van der Waals surface area contributed by atoms with Gasteiger partial charge in [-0.15, -0.1) is 0 Å². The van der Waals surface area contributed by atoms with Gasteiger partial charge in [0.1, 0.15) is 6.33 Å². The van der Waals surface area contributed by atoms with E-state index in [0.717, 1.165) is 19.6 Å². The number of nitro groups is 1. The van der Waals surface area contributed by atoms with Crippen LogP contribution in [0.3, 0.4) is 0 Å². The number of hydrogen-bond donors (Lipinski definition) is 1. The molecule has 0 bridgehead atoms. The zero-order valence-electron chi connectivity index (χ0n) is 14.2. The van der Waals surface area contributed by atoms with Crippen molar-refractivity contribution in [1.29, 1.82) is 0 Å². The number of rotatable bonds is 5. The predicted molar refractivity (Wildman–Crippen MR) is 103 cm³/mol. The standard InChI is InChI=1S/C16H18Cl2N6O2/c1-2-22-3-5-23(6-4-22)16-14(24(25)26)15(19-10-20-16)21-13-8-11(17)7-12(18)9-13/h7-10H,2-6H2,1H3,(H,19,20,21). The minimum Gasteiger partial charge on any atom is -0.348 e. The van der Waals surface area contributed by atoms with E-state index in [0.29, 0.717) is 34.6 Å².